The Kier molecular flexibility index (Phi) is 4.09. The number of halogens is 5. The van der Waals surface area contributed by atoms with Crippen molar-refractivity contribution in [3.05, 3.63) is 34.6 Å². The molecule has 0 aliphatic heterocycles. The van der Waals surface area contributed by atoms with Gasteiger partial charge in [0, 0.05) is 5.02 Å². The van der Waals surface area contributed by atoms with E-state index in [2.05, 4.69) is 0 Å². The maximum absolute atomic E-state index is 13.3. The van der Waals surface area contributed by atoms with E-state index in [1.807, 2.05) is 0 Å². The van der Waals surface area contributed by atoms with Crippen LogP contribution in [0.3, 0.4) is 0 Å². The van der Waals surface area contributed by atoms with Crippen LogP contribution in [0, 0.1) is 11.7 Å². The smallest absolute Gasteiger partial charge is 0.303 e. The van der Waals surface area contributed by atoms with Crippen molar-refractivity contribution in [3.63, 3.8) is 0 Å². The average molecular weight is 309 g/mol. The quantitative estimate of drug-likeness (QED) is 0.583. The zero-order valence-corrected chi connectivity index (χ0v) is 11.3. The molecular formula is C14H13ClF4O. The molecule has 1 unspecified atom stereocenters. The summed E-state index contributed by atoms with van der Waals surface area (Å²) < 4.78 is 51.6. The highest BCUT2D eigenvalue weighted by Gasteiger charge is 2.49. The highest BCUT2D eigenvalue weighted by atomic mass is 35.5. The monoisotopic (exact) mass is 308 g/mol. The number of alkyl halides is 3. The fourth-order valence-electron chi connectivity index (χ4n) is 2.75. The molecule has 0 spiro atoms. The minimum atomic E-state index is -4.58. The molecule has 1 aliphatic carbocycles. The van der Waals surface area contributed by atoms with Gasteiger partial charge in [0.2, 0.25) is 0 Å². The summed E-state index contributed by atoms with van der Waals surface area (Å²) in [6.45, 7) is 0. The molecular weight excluding hydrogens is 296 g/mol. The molecule has 110 valence electrons. The van der Waals surface area contributed by atoms with Crippen molar-refractivity contribution < 1.29 is 22.4 Å². The predicted octanol–water partition coefficient (Wildman–Crippen LogP) is 4.67. The highest BCUT2D eigenvalue weighted by Crippen LogP contribution is 2.51. The maximum Gasteiger partial charge on any atom is 0.398 e. The van der Waals surface area contributed by atoms with E-state index in [-0.39, 0.29) is 17.7 Å². The molecule has 0 saturated heterocycles. The lowest BCUT2D eigenvalue weighted by atomic mass is 9.60. The highest BCUT2D eigenvalue weighted by molar-refractivity contribution is 6.31. The van der Waals surface area contributed by atoms with Crippen molar-refractivity contribution in [2.45, 2.75) is 37.3 Å². The van der Waals surface area contributed by atoms with Crippen LogP contribution in [-0.4, -0.2) is 12.5 Å². The van der Waals surface area contributed by atoms with Crippen LogP contribution < -0.4 is 0 Å². The van der Waals surface area contributed by atoms with Gasteiger partial charge >= 0.3 is 6.18 Å². The van der Waals surface area contributed by atoms with Crippen LogP contribution >= 0.6 is 11.6 Å². The molecule has 0 heterocycles. The second kappa shape index (κ2) is 5.35. The molecule has 2 rings (SSSR count). The van der Waals surface area contributed by atoms with Gasteiger partial charge in [-0.15, -0.1) is 0 Å². The Hall–Kier alpha value is -1.10. The van der Waals surface area contributed by atoms with Crippen molar-refractivity contribution in [1.82, 2.24) is 0 Å². The predicted molar refractivity (Wildman–Crippen MR) is 67.2 cm³/mol. The SMILES string of the molecule is O=CC(CC1(c2cc(F)ccc2Cl)CCC1)C(F)(F)F. The Morgan fingerprint density at radius 2 is 2.00 bits per heavy atom. The van der Waals surface area contributed by atoms with Gasteiger partial charge < -0.3 is 4.79 Å². The van der Waals surface area contributed by atoms with Crippen LogP contribution in [0.4, 0.5) is 17.6 Å². The number of carbonyl (C=O) groups excluding carboxylic acids is 1. The minimum Gasteiger partial charge on any atom is -0.303 e. The Morgan fingerprint density at radius 1 is 1.35 bits per heavy atom. The van der Waals surface area contributed by atoms with Gasteiger partial charge in [-0.2, -0.15) is 13.2 Å². The first-order chi connectivity index (χ1) is 9.28. The van der Waals surface area contributed by atoms with E-state index >= 15 is 0 Å². The third kappa shape index (κ3) is 2.82. The van der Waals surface area contributed by atoms with E-state index in [1.54, 1.807) is 0 Å². The number of hydrogen-bond donors (Lipinski definition) is 0. The first-order valence-corrected chi connectivity index (χ1v) is 6.64. The molecule has 0 amide bonds. The fraction of sp³-hybridized carbons (Fsp3) is 0.500. The Bertz CT molecular complexity index is 508. The number of hydrogen-bond acceptors (Lipinski definition) is 1. The van der Waals surface area contributed by atoms with E-state index in [1.165, 1.54) is 18.2 Å². The van der Waals surface area contributed by atoms with E-state index in [0.717, 1.165) is 6.42 Å². The second-order valence-electron chi connectivity index (χ2n) is 5.25. The van der Waals surface area contributed by atoms with Gasteiger partial charge in [-0.05, 0) is 48.4 Å². The molecule has 0 radical (unpaired) electrons. The van der Waals surface area contributed by atoms with Crippen LogP contribution in [0.1, 0.15) is 31.2 Å². The molecule has 1 aromatic carbocycles. The van der Waals surface area contributed by atoms with Crippen LogP contribution in [0.5, 0.6) is 0 Å². The molecule has 1 saturated carbocycles. The molecule has 0 N–H and O–H groups in total. The molecule has 1 atom stereocenters. The molecule has 1 fully saturated rings. The average Bonchev–Trinajstić information content (AvgIpc) is 2.30. The van der Waals surface area contributed by atoms with E-state index in [0.29, 0.717) is 18.4 Å². The van der Waals surface area contributed by atoms with Crippen molar-refractivity contribution in [1.29, 1.82) is 0 Å². The lowest BCUT2D eigenvalue weighted by Gasteiger charge is -2.44. The second-order valence-corrected chi connectivity index (χ2v) is 5.65. The number of benzene rings is 1. The van der Waals surface area contributed by atoms with Crippen LogP contribution in [0.15, 0.2) is 18.2 Å². The van der Waals surface area contributed by atoms with Crippen LogP contribution in [0.25, 0.3) is 0 Å². The number of aldehydes is 1. The van der Waals surface area contributed by atoms with Gasteiger partial charge in [-0.25, -0.2) is 4.39 Å². The standard InChI is InChI=1S/C14H13ClF4O/c15-12-3-2-10(16)6-11(12)13(4-1-5-13)7-9(8-20)14(17,18)19/h2-3,6,8-9H,1,4-5,7H2. The summed E-state index contributed by atoms with van der Waals surface area (Å²) in [5.74, 6) is -2.58. The van der Waals surface area contributed by atoms with Gasteiger partial charge in [0.1, 0.15) is 18.0 Å². The summed E-state index contributed by atoms with van der Waals surface area (Å²) in [5.41, 5.74) is -0.471. The van der Waals surface area contributed by atoms with E-state index in [9.17, 15) is 22.4 Å². The summed E-state index contributed by atoms with van der Waals surface area (Å²) in [6.07, 6.45) is -3.32. The van der Waals surface area contributed by atoms with Gasteiger partial charge in [-0.1, -0.05) is 18.0 Å². The molecule has 6 heteroatoms. The van der Waals surface area contributed by atoms with Crippen LogP contribution in [0.2, 0.25) is 5.02 Å². The van der Waals surface area contributed by atoms with E-state index in [4.69, 9.17) is 11.6 Å². The Labute approximate surface area is 118 Å². The van der Waals surface area contributed by atoms with Gasteiger partial charge in [0.25, 0.3) is 0 Å². The van der Waals surface area contributed by atoms with Gasteiger partial charge in [-0.3, -0.25) is 0 Å². The Balaban J connectivity index is 2.34. The van der Waals surface area contributed by atoms with Gasteiger partial charge in [0.05, 0.1) is 0 Å². The van der Waals surface area contributed by atoms with Crippen molar-refractivity contribution in [3.8, 4) is 0 Å². The normalized spacial score (nSPS) is 19.2. The summed E-state index contributed by atoms with van der Waals surface area (Å²) in [4.78, 5) is 10.7. The summed E-state index contributed by atoms with van der Waals surface area (Å²) in [6, 6.07) is 3.69. The zero-order valence-electron chi connectivity index (χ0n) is 10.5. The molecule has 0 aromatic heterocycles. The van der Waals surface area contributed by atoms with Crippen LogP contribution in [-0.2, 0) is 10.2 Å². The van der Waals surface area contributed by atoms with Crippen molar-refractivity contribution >= 4 is 17.9 Å². The summed E-state index contributed by atoms with van der Waals surface area (Å²) >= 11 is 6.00. The molecule has 0 bridgehead atoms. The zero-order chi connectivity index (χ0) is 15.0. The summed E-state index contributed by atoms with van der Waals surface area (Å²) in [7, 11) is 0. The summed E-state index contributed by atoms with van der Waals surface area (Å²) in [5, 5.41) is 0.248. The minimum absolute atomic E-state index is 0.0761. The largest absolute Gasteiger partial charge is 0.398 e. The third-order valence-corrected chi connectivity index (χ3v) is 4.34. The van der Waals surface area contributed by atoms with Crippen molar-refractivity contribution in [2.75, 3.05) is 0 Å². The lowest BCUT2D eigenvalue weighted by molar-refractivity contribution is -0.180. The fourth-order valence-corrected chi connectivity index (χ4v) is 3.07. The molecule has 1 aliphatic rings. The number of rotatable bonds is 4. The molecule has 20 heavy (non-hydrogen) atoms. The van der Waals surface area contributed by atoms with Gasteiger partial charge in [0.15, 0.2) is 0 Å². The first-order valence-electron chi connectivity index (χ1n) is 6.26. The van der Waals surface area contributed by atoms with Crippen molar-refractivity contribution in [2.24, 2.45) is 5.92 Å². The first kappa shape index (κ1) is 15.3. The molecule has 1 nitrogen and oxygen atoms in total. The molecule has 1 aromatic rings. The van der Waals surface area contributed by atoms with E-state index < -0.39 is 23.3 Å². The topological polar surface area (TPSA) is 17.1 Å². The maximum atomic E-state index is 13.3. The lowest BCUT2D eigenvalue weighted by Crippen LogP contribution is -2.40. The third-order valence-electron chi connectivity index (χ3n) is 4.01. The Morgan fingerprint density at radius 3 is 2.45 bits per heavy atom. The number of carbonyl (C=O) groups is 1.